The highest BCUT2D eigenvalue weighted by atomic mass is 16.5. The summed E-state index contributed by atoms with van der Waals surface area (Å²) in [5.41, 5.74) is 8.33. The third kappa shape index (κ3) is 3.82. The standard InChI is InChI=1S/C20H20N4O3/c1-13(14-6-4-3-5-7-14)23-19(25)15-8-10-16(11-9-15)24-18(21)17(12-22-24)20(26)27-2/h3-13H,21H2,1-2H3,(H,23,25)/t13-/m1/s1. The lowest BCUT2D eigenvalue weighted by molar-refractivity contribution is 0.0601. The molecule has 0 unspecified atom stereocenters. The van der Waals surface area contributed by atoms with E-state index in [1.807, 2.05) is 37.3 Å². The van der Waals surface area contributed by atoms with Crippen molar-refractivity contribution < 1.29 is 14.3 Å². The fourth-order valence-corrected chi connectivity index (χ4v) is 2.69. The van der Waals surface area contributed by atoms with Gasteiger partial charge in [0.15, 0.2) is 0 Å². The zero-order valence-corrected chi connectivity index (χ0v) is 15.0. The number of esters is 1. The fourth-order valence-electron chi connectivity index (χ4n) is 2.69. The number of ether oxygens (including phenoxy) is 1. The van der Waals surface area contributed by atoms with Crippen molar-refractivity contribution in [3.8, 4) is 5.69 Å². The Hall–Kier alpha value is -3.61. The molecule has 1 heterocycles. The van der Waals surface area contributed by atoms with Gasteiger partial charge in [0.25, 0.3) is 5.91 Å². The van der Waals surface area contributed by atoms with Gasteiger partial charge >= 0.3 is 5.97 Å². The van der Waals surface area contributed by atoms with Crippen molar-refractivity contribution in [2.75, 3.05) is 12.8 Å². The molecule has 3 rings (SSSR count). The summed E-state index contributed by atoms with van der Waals surface area (Å²) >= 11 is 0. The maximum Gasteiger partial charge on any atom is 0.343 e. The summed E-state index contributed by atoms with van der Waals surface area (Å²) in [5, 5.41) is 7.07. The zero-order chi connectivity index (χ0) is 19.4. The number of aromatic nitrogens is 2. The first kappa shape index (κ1) is 18.2. The quantitative estimate of drug-likeness (QED) is 0.678. The van der Waals surface area contributed by atoms with Gasteiger partial charge in [-0.25, -0.2) is 9.48 Å². The molecule has 7 nitrogen and oxygen atoms in total. The van der Waals surface area contributed by atoms with Gasteiger partial charge < -0.3 is 15.8 Å². The zero-order valence-electron chi connectivity index (χ0n) is 15.0. The molecule has 1 aromatic heterocycles. The van der Waals surface area contributed by atoms with Crippen molar-refractivity contribution in [3.63, 3.8) is 0 Å². The third-order valence-corrected chi connectivity index (χ3v) is 4.23. The number of hydrogen-bond acceptors (Lipinski definition) is 5. The van der Waals surface area contributed by atoms with Crippen molar-refractivity contribution in [2.45, 2.75) is 13.0 Å². The minimum Gasteiger partial charge on any atom is -0.465 e. The minimum atomic E-state index is -0.551. The second kappa shape index (κ2) is 7.74. The lowest BCUT2D eigenvalue weighted by Gasteiger charge is -2.14. The largest absolute Gasteiger partial charge is 0.465 e. The number of nitrogens with one attached hydrogen (secondary N) is 1. The molecule has 0 bridgehead atoms. The Balaban J connectivity index is 1.75. The van der Waals surface area contributed by atoms with Crippen molar-refractivity contribution in [2.24, 2.45) is 0 Å². The maximum absolute atomic E-state index is 12.5. The number of nitrogens with two attached hydrogens (primary N) is 1. The van der Waals surface area contributed by atoms with Gasteiger partial charge in [-0.3, -0.25) is 4.79 Å². The smallest absolute Gasteiger partial charge is 0.343 e. The van der Waals surface area contributed by atoms with E-state index in [0.717, 1.165) is 5.56 Å². The highest BCUT2D eigenvalue weighted by Gasteiger charge is 2.17. The summed E-state index contributed by atoms with van der Waals surface area (Å²) in [6.07, 6.45) is 1.35. The van der Waals surface area contributed by atoms with Crippen LogP contribution in [0.3, 0.4) is 0 Å². The van der Waals surface area contributed by atoms with Gasteiger partial charge in [-0.05, 0) is 36.8 Å². The molecule has 0 saturated heterocycles. The number of rotatable bonds is 5. The summed E-state index contributed by atoms with van der Waals surface area (Å²) in [4.78, 5) is 24.1. The molecule has 0 aliphatic rings. The summed E-state index contributed by atoms with van der Waals surface area (Å²) in [7, 11) is 1.28. The van der Waals surface area contributed by atoms with Crippen LogP contribution in [0.4, 0.5) is 5.82 Å². The Morgan fingerprint density at radius 3 is 2.41 bits per heavy atom. The number of hydrogen-bond donors (Lipinski definition) is 2. The Kier molecular flexibility index (Phi) is 5.21. The van der Waals surface area contributed by atoms with Crippen LogP contribution >= 0.6 is 0 Å². The summed E-state index contributed by atoms with van der Waals surface area (Å²) in [5.74, 6) is -0.553. The molecule has 1 atom stereocenters. The van der Waals surface area contributed by atoms with Gasteiger partial charge in [-0.15, -0.1) is 0 Å². The van der Waals surface area contributed by atoms with Crippen LogP contribution in [0, 0.1) is 0 Å². The lowest BCUT2D eigenvalue weighted by Crippen LogP contribution is -2.26. The van der Waals surface area contributed by atoms with Crippen molar-refractivity contribution in [1.29, 1.82) is 0 Å². The number of methoxy groups -OCH3 is 1. The molecule has 0 aliphatic heterocycles. The monoisotopic (exact) mass is 364 g/mol. The Labute approximate surface area is 156 Å². The Bertz CT molecular complexity index is 949. The predicted molar refractivity (Wildman–Crippen MR) is 102 cm³/mol. The molecule has 0 saturated carbocycles. The van der Waals surface area contributed by atoms with Gasteiger partial charge in [-0.1, -0.05) is 30.3 Å². The van der Waals surface area contributed by atoms with Gasteiger partial charge in [0, 0.05) is 5.56 Å². The van der Waals surface area contributed by atoms with E-state index < -0.39 is 5.97 Å². The molecule has 0 fully saturated rings. The van der Waals surface area contributed by atoms with Crippen LogP contribution in [-0.2, 0) is 4.74 Å². The number of anilines is 1. The van der Waals surface area contributed by atoms with E-state index in [4.69, 9.17) is 5.73 Å². The van der Waals surface area contributed by atoms with Crippen LogP contribution in [0.2, 0.25) is 0 Å². The number of carbonyl (C=O) groups is 2. The van der Waals surface area contributed by atoms with E-state index in [1.165, 1.54) is 18.0 Å². The second-order valence-electron chi connectivity index (χ2n) is 6.00. The van der Waals surface area contributed by atoms with E-state index in [0.29, 0.717) is 11.3 Å². The first-order chi connectivity index (χ1) is 13.0. The molecule has 138 valence electrons. The number of nitrogen functional groups attached to an aromatic ring is 1. The normalized spacial score (nSPS) is 11.6. The van der Waals surface area contributed by atoms with Crippen LogP contribution in [0.25, 0.3) is 5.69 Å². The summed E-state index contributed by atoms with van der Waals surface area (Å²) in [6.45, 7) is 1.93. The predicted octanol–water partition coefficient (Wildman–Crippen LogP) is 2.73. The molecule has 27 heavy (non-hydrogen) atoms. The number of benzene rings is 2. The molecule has 0 aliphatic carbocycles. The molecule has 2 aromatic carbocycles. The van der Waals surface area contributed by atoms with E-state index in [1.54, 1.807) is 24.3 Å². The molecule has 3 N–H and O–H groups in total. The van der Waals surface area contributed by atoms with Crippen molar-refractivity contribution in [1.82, 2.24) is 15.1 Å². The summed E-state index contributed by atoms with van der Waals surface area (Å²) < 4.78 is 6.08. The molecule has 0 radical (unpaired) electrons. The number of nitrogens with zero attached hydrogens (tertiary/aromatic N) is 2. The average Bonchev–Trinajstić information content (AvgIpc) is 3.09. The topological polar surface area (TPSA) is 99.2 Å². The molecule has 3 aromatic rings. The third-order valence-electron chi connectivity index (χ3n) is 4.23. The summed E-state index contributed by atoms with van der Waals surface area (Å²) in [6, 6.07) is 16.4. The molecular formula is C20H20N4O3. The number of carbonyl (C=O) groups excluding carboxylic acids is 2. The molecule has 7 heteroatoms. The van der Waals surface area contributed by atoms with Gasteiger partial charge in [0.05, 0.1) is 25.0 Å². The van der Waals surface area contributed by atoms with E-state index in [9.17, 15) is 9.59 Å². The van der Waals surface area contributed by atoms with E-state index >= 15 is 0 Å². The molecule has 0 spiro atoms. The highest BCUT2D eigenvalue weighted by molar-refractivity contribution is 5.95. The van der Waals surface area contributed by atoms with Crippen LogP contribution in [-0.4, -0.2) is 28.8 Å². The highest BCUT2D eigenvalue weighted by Crippen LogP contribution is 2.19. The van der Waals surface area contributed by atoms with Gasteiger partial charge in [0.1, 0.15) is 11.4 Å². The van der Waals surface area contributed by atoms with Crippen LogP contribution in [0.15, 0.2) is 60.8 Å². The molecular weight excluding hydrogens is 344 g/mol. The average molecular weight is 364 g/mol. The van der Waals surface area contributed by atoms with Crippen molar-refractivity contribution in [3.05, 3.63) is 77.5 Å². The minimum absolute atomic E-state index is 0.109. The maximum atomic E-state index is 12.5. The Morgan fingerprint density at radius 2 is 1.78 bits per heavy atom. The SMILES string of the molecule is COC(=O)c1cnn(-c2ccc(C(=O)N[C@H](C)c3ccccc3)cc2)c1N. The molecule has 1 amide bonds. The van der Waals surface area contributed by atoms with E-state index in [2.05, 4.69) is 15.2 Å². The van der Waals surface area contributed by atoms with Crippen LogP contribution in [0.1, 0.15) is 39.2 Å². The fraction of sp³-hybridized carbons (Fsp3) is 0.150. The first-order valence-electron chi connectivity index (χ1n) is 8.39. The van der Waals surface area contributed by atoms with Crippen LogP contribution in [0.5, 0.6) is 0 Å². The van der Waals surface area contributed by atoms with Crippen LogP contribution < -0.4 is 11.1 Å². The van der Waals surface area contributed by atoms with Gasteiger partial charge in [-0.2, -0.15) is 5.10 Å². The van der Waals surface area contributed by atoms with E-state index in [-0.39, 0.29) is 23.3 Å². The van der Waals surface area contributed by atoms with Gasteiger partial charge in [0.2, 0.25) is 0 Å². The number of amides is 1. The second-order valence-corrected chi connectivity index (χ2v) is 6.00. The first-order valence-corrected chi connectivity index (χ1v) is 8.39. The van der Waals surface area contributed by atoms with Crippen molar-refractivity contribution >= 4 is 17.7 Å². The lowest BCUT2D eigenvalue weighted by atomic mass is 10.1. The Morgan fingerprint density at radius 1 is 1.11 bits per heavy atom.